The van der Waals surface area contributed by atoms with Gasteiger partial charge in [0, 0.05) is 11.2 Å². The molecule has 0 radical (unpaired) electrons. The van der Waals surface area contributed by atoms with E-state index in [1.807, 2.05) is 6.92 Å². The van der Waals surface area contributed by atoms with Gasteiger partial charge in [-0.25, -0.2) is 9.78 Å². The van der Waals surface area contributed by atoms with Crippen LogP contribution in [0.25, 0.3) is 0 Å². The number of halogens is 1. The van der Waals surface area contributed by atoms with Gasteiger partial charge in [0.25, 0.3) is 0 Å². The normalized spacial score (nSPS) is 9.77. The molecule has 1 aromatic heterocycles. The van der Waals surface area contributed by atoms with Crippen LogP contribution in [-0.2, 0) is 4.74 Å². The molecule has 0 amide bonds. The molecule has 13 heavy (non-hydrogen) atoms. The van der Waals surface area contributed by atoms with Crippen LogP contribution in [0.3, 0.4) is 0 Å². The molecule has 3 nitrogen and oxygen atoms in total. The molecular weight excluding hydrogens is 190 g/mol. The van der Waals surface area contributed by atoms with Crippen molar-refractivity contribution in [1.82, 2.24) is 4.98 Å². The zero-order valence-electron chi connectivity index (χ0n) is 7.50. The van der Waals surface area contributed by atoms with Crippen molar-refractivity contribution < 1.29 is 9.53 Å². The van der Waals surface area contributed by atoms with Crippen molar-refractivity contribution in [1.29, 1.82) is 0 Å². The lowest BCUT2D eigenvalue weighted by atomic mass is 10.3. The summed E-state index contributed by atoms with van der Waals surface area (Å²) < 4.78 is 4.76. The molecule has 4 heteroatoms. The zero-order chi connectivity index (χ0) is 9.84. The molecule has 0 unspecified atom stereocenters. The molecule has 0 N–H and O–H groups in total. The van der Waals surface area contributed by atoms with Crippen molar-refractivity contribution in [2.24, 2.45) is 0 Å². The Bertz CT molecular complexity index is 325. The quantitative estimate of drug-likeness (QED) is 0.686. The molecule has 0 aromatic carbocycles. The third kappa shape index (κ3) is 2.42. The van der Waals surface area contributed by atoms with Crippen LogP contribution in [0, 0.1) is 6.92 Å². The van der Waals surface area contributed by atoms with Crippen molar-refractivity contribution in [3.8, 4) is 0 Å². The van der Waals surface area contributed by atoms with Gasteiger partial charge in [0.15, 0.2) is 0 Å². The van der Waals surface area contributed by atoms with Gasteiger partial charge in [0.2, 0.25) is 0 Å². The third-order valence-corrected chi connectivity index (χ3v) is 1.93. The summed E-state index contributed by atoms with van der Waals surface area (Å²) >= 11 is 5.81. The van der Waals surface area contributed by atoms with E-state index in [4.69, 9.17) is 16.3 Å². The van der Waals surface area contributed by atoms with Crippen LogP contribution in [0.4, 0.5) is 0 Å². The van der Waals surface area contributed by atoms with Gasteiger partial charge in [0.05, 0.1) is 6.61 Å². The Kier molecular flexibility index (Phi) is 3.25. The van der Waals surface area contributed by atoms with E-state index >= 15 is 0 Å². The highest BCUT2D eigenvalue weighted by Gasteiger charge is 2.08. The summed E-state index contributed by atoms with van der Waals surface area (Å²) in [6, 6.07) is 1.51. The molecule has 0 aliphatic carbocycles. The standard InChI is InChI=1S/C9H10ClNO2/c1-3-13-9(12)8-4-7(10)6(2)5-11-8/h4-5H,3H2,1-2H3. The maximum Gasteiger partial charge on any atom is 0.356 e. The average molecular weight is 200 g/mol. The molecule has 0 fully saturated rings. The molecule has 0 saturated carbocycles. The maximum absolute atomic E-state index is 11.2. The third-order valence-electron chi connectivity index (χ3n) is 1.52. The van der Waals surface area contributed by atoms with Crippen LogP contribution in [0.5, 0.6) is 0 Å². The lowest BCUT2D eigenvalue weighted by molar-refractivity contribution is 0.0519. The smallest absolute Gasteiger partial charge is 0.356 e. The SMILES string of the molecule is CCOC(=O)c1cc(Cl)c(C)cn1. The van der Waals surface area contributed by atoms with Crippen molar-refractivity contribution >= 4 is 17.6 Å². The van der Waals surface area contributed by atoms with E-state index in [1.165, 1.54) is 6.07 Å². The maximum atomic E-state index is 11.2. The molecule has 0 aliphatic rings. The van der Waals surface area contributed by atoms with Crippen molar-refractivity contribution in [2.45, 2.75) is 13.8 Å². The van der Waals surface area contributed by atoms with E-state index in [9.17, 15) is 4.79 Å². The summed E-state index contributed by atoms with van der Waals surface area (Å²) in [6.07, 6.45) is 1.55. The summed E-state index contributed by atoms with van der Waals surface area (Å²) in [5.41, 5.74) is 1.09. The predicted octanol–water partition coefficient (Wildman–Crippen LogP) is 2.22. The summed E-state index contributed by atoms with van der Waals surface area (Å²) in [7, 11) is 0. The Morgan fingerprint density at radius 1 is 1.69 bits per heavy atom. The molecule has 0 spiro atoms. The molecule has 0 saturated heterocycles. The fourth-order valence-corrected chi connectivity index (χ4v) is 0.968. The Balaban J connectivity index is 2.90. The highest BCUT2D eigenvalue weighted by Crippen LogP contribution is 2.14. The Morgan fingerprint density at radius 2 is 2.38 bits per heavy atom. The van der Waals surface area contributed by atoms with Gasteiger partial charge in [-0.15, -0.1) is 0 Å². The molecule has 0 bridgehead atoms. The number of ether oxygens (including phenoxy) is 1. The molecule has 70 valence electrons. The Morgan fingerprint density at radius 3 is 2.92 bits per heavy atom. The van der Waals surface area contributed by atoms with Crippen LogP contribution >= 0.6 is 11.6 Å². The second-order valence-electron chi connectivity index (χ2n) is 2.54. The number of pyridine rings is 1. The van der Waals surface area contributed by atoms with Crippen LogP contribution in [0.1, 0.15) is 23.0 Å². The van der Waals surface area contributed by atoms with E-state index in [2.05, 4.69) is 4.98 Å². The van der Waals surface area contributed by atoms with Crippen molar-refractivity contribution in [2.75, 3.05) is 6.61 Å². The fourth-order valence-electron chi connectivity index (χ4n) is 0.816. The summed E-state index contributed by atoms with van der Waals surface area (Å²) in [4.78, 5) is 15.1. The average Bonchev–Trinajstić information content (AvgIpc) is 2.10. The number of aryl methyl sites for hydroxylation is 1. The first-order valence-electron chi connectivity index (χ1n) is 3.94. The first-order chi connectivity index (χ1) is 6.15. The van der Waals surface area contributed by atoms with Crippen LogP contribution < -0.4 is 0 Å². The van der Waals surface area contributed by atoms with Gasteiger partial charge in [0.1, 0.15) is 5.69 Å². The minimum absolute atomic E-state index is 0.248. The van der Waals surface area contributed by atoms with E-state index in [0.717, 1.165) is 5.56 Å². The highest BCUT2D eigenvalue weighted by atomic mass is 35.5. The molecule has 1 heterocycles. The predicted molar refractivity (Wildman–Crippen MR) is 49.9 cm³/mol. The van der Waals surface area contributed by atoms with Gasteiger partial charge in [-0.2, -0.15) is 0 Å². The van der Waals surface area contributed by atoms with Gasteiger partial charge < -0.3 is 4.74 Å². The van der Waals surface area contributed by atoms with E-state index in [-0.39, 0.29) is 5.69 Å². The topological polar surface area (TPSA) is 39.2 Å². The summed E-state index contributed by atoms with van der Waals surface area (Å²) in [5.74, 6) is -0.440. The van der Waals surface area contributed by atoms with Crippen LogP contribution in [0.2, 0.25) is 5.02 Å². The van der Waals surface area contributed by atoms with Crippen LogP contribution in [0.15, 0.2) is 12.3 Å². The molecular formula is C9H10ClNO2. The Labute approximate surface area is 81.7 Å². The van der Waals surface area contributed by atoms with Crippen molar-refractivity contribution in [3.05, 3.63) is 28.5 Å². The minimum atomic E-state index is -0.440. The second kappa shape index (κ2) is 4.23. The number of carbonyl (C=O) groups is 1. The second-order valence-corrected chi connectivity index (χ2v) is 2.95. The van der Waals surface area contributed by atoms with E-state index in [0.29, 0.717) is 11.6 Å². The number of carbonyl (C=O) groups excluding carboxylic acids is 1. The van der Waals surface area contributed by atoms with Gasteiger partial charge in [-0.3, -0.25) is 0 Å². The zero-order valence-corrected chi connectivity index (χ0v) is 8.26. The molecule has 0 atom stereocenters. The number of hydrogen-bond acceptors (Lipinski definition) is 3. The van der Waals surface area contributed by atoms with Crippen LogP contribution in [-0.4, -0.2) is 17.6 Å². The Hall–Kier alpha value is -1.09. The van der Waals surface area contributed by atoms with Gasteiger partial charge in [-0.05, 0) is 25.5 Å². The minimum Gasteiger partial charge on any atom is -0.461 e. The molecule has 1 aromatic rings. The monoisotopic (exact) mass is 199 g/mol. The first-order valence-corrected chi connectivity index (χ1v) is 4.32. The summed E-state index contributed by atoms with van der Waals surface area (Å²) in [5, 5.41) is 0.526. The first kappa shape index (κ1) is 9.99. The van der Waals surface area contributed by atoms with Gasteiger partial charge >= 0.3 is 5.97 Å². The number of nitrogens with zero attached hydrogens (tertiary/aromatic N) is 1. The number of aromatic nitrogens is 1. The highest BCUT2D eigenvalue weighted by molar-refractivity contribution is 6.31. The summed E-state index contributed by atoms with van der Waals surface area (Å²) in [6.45, 7) is 3.91. The molecule has 1 rings (SSSR count). The van der Waals surface area contributed by atoms with E-state index in [1.54, 1.807) is 13.1 Å². The van der Waals surface area contributed by atoms with E-state index < -0.39 is 5.97 Å². The van der Waals surface area contributed by atoms with Crippen molar-refractivity contribution in [3.63, 3.8) is 0 Å². The lowest BCUT2D eigenvalue weighted by Gasteiger charge is -2.02. The lowest BCUT2D eigenvalue weighted by Crippen LogP contribution is -2.06. The number of esters is 1. The number of rotatable bonds is 2. The fraction of sp³-hybridized carbons (Fsp3) is 0.333. The van der Waals surface area contributed by atoms with Gasteiger partial charge in [-0.1, -0.05) is 11.6 Å². The number of hydrogen-bond donors (Lipinski definition) is 0. The molecule has 0 aliphatic heterocycles. The largest absolute Gasteiger partial charge is 0.461 e.